The highest BCUT2D eigenvalue weighted by Crippen LogP contribution is 2.32. The largest absolute Gasteiger partial charge is 0.375 e. The molecule has 2 fully saturated rings. The molecule has 110 valence electrons. The van der Waals surface area contributed by atoms with E-state index >= 15 is 0 Å². The second-order valence-corrected chi connectivity index (χ2v) is 7.66. The lowest BCUT2D eigenvalue weighted by molar-refractivity contribution is -0.0586. The van der Waals surface area contributed by atoms with Gasteiger partial charge in [0.05, 0.1) is 23.6 Å². The third kappa shape index (κ3) is 2.60. The number of ether oxygens (including phenoxy) is 1. The van der Waals surface area contributed by atoms with Gasteiger partial charge in [-0.3, -0.25) is 0 Å². The van der Waals surface area contributed by atoms with E-state index in [9.17, 15) is 8.42 Å². The SMILES string of the molecule is O=S(=O)(c1ccc(Cl)cc1)N1CCO[C@H]2CCCC[C@@H]21. The van der Waals surface area contributed by atoms with Crippen LogP contribution in [-0.4, -0.2) is 38.0 Å². The van der Waals surface area contributed by atoms with Gasteiger partial charge in [-0.2, -0.15) is 4.31 Å². The molecule has 1 heterocycles. The topological polar surface area (TPSA) is 46.6 Å². The molecule has 0 bridgehead atoms. The predicted octanol–water partition coefficient (Wildman–Crippen LogP) is 2.67. The fraction of sp³-hybridized carbons (Fsp3) is 0.571. The maximum absolute atomic E-state index is 12.8. The summed E-state index contributed by atoms with van der Waals surface area (Å²) in [5, 5.41) is 0.543. The van der Waals surface area contributed by atoms with E-state index in [1.54, 1.807) is 28.6 Å². The van der Waals surface area contributed by atoms with Crippen LogP contribution in [0.2, 0.25) is 5.02 Å². The quantitative estimate of drug-likeness (QED) is 0.843. The van der Waals surface area contributed by atoms with Gasteiger partial charge in [0.2, 0.25) is 10.0 Å². The summed E-state index contributed by atoms with van der Waals surface area (Å²) in [7, 11) is -3.45. The summed E-state index contributed by atoms with van der Waals surface area (Å²) >= 11 is 5.83. The van der Waals surface area contributed by atoms with Gasteiger partial charge in [0.1, 0.15) is 0 Å². The number of nitrogens with zero attached hydrogens (tertiary/aromatic N) is 1. The number of rotatable bonds is 2. The zero-order valence-corrected chi connectivity index (χ0v) is 12.7. The van der Waals surface area contributed by atoms with Gasteiger partial charge in [-0.1, -0.05) is 24.4 Å². The highest BCUT2D eigenvalue weighted by atomic mass is 35.5. The van der Waals surface area contributed by atoms with Crippen LogP contribution in [0, 0.1) is 0 Å². The van der Waals surface area contributed by atoms with Crippen LogP contribution in [-0.2, 0) is 14.8 Å². The standard InChI is InChI=1S/C14H18ClNO3S/c15-11-5-7-12(8-6-11)20(17,18)16-9-10-19-14-4-2-1-3-13(14)16/h5-8,13-14H,1-4,9-10H2/t13-,14-/m0/s1. The average molecular weight is 316 g/mol. The van der Waals surface area contributed by atoms with E-state index in [1.165, 1.54) is 0 Å². The number of benzene rings is 1. The number of hydrogen-bond donors (Lipinski definition) is 0. The van der Waals surface area contributed by atoms with E-state index in [0.717, 1.165) is 25.7 Å². The molecule has 1 aromatic rings. The molecular formula is C14H18ClNO3S. The Morgan fingerprint density at radius 1 is 1.15 bits per heavy atom. The Morgan fingerprint density at radius 3 is 2.60 bits per heavy atom. The van der Waals surface area contributed by atoms with Gasteiger partial charge in [-0.25, -0.2) is 8.42 Å². The summed E-state index contributed by atoms with van der Waals surface area (Å²) in [6.45, 7) is 0.917. The van der Waals surface area contributed by atoms with Crippen LogP contribution in [0.3, 0.4) is 0 Å². The van der Waals surface area contributed by atoms with Crippen LogP contribution in [0.5, 0.6) is 0 Å². The lowest BCUT2D eigenvalue weighted by Crippen LogP contribution is -2.54. The summed E-state index contributed by atoms with van der Waals surface area (Å²) in [6.07, 6.45) is 4.08. The molecule has 0 unspecified atom stereocenters. The minimum absolute atomic E-state index is 0.0156. The third-order valence-electron chi connectivity index (χ3n) is 4.10. The fourth-order valence-electron chi connectivity index (χ4n) is 3.10. The molecule has 4 nitrogen and oxygen atoms in total. The number of hydrogen-bond acceptors (Lipinski definition) is 3. The van der Waals surface area contributed by atoms with E-state index in [1.807, 2.05) is 0 Å². The van der Waals surface area contributed by atoms with Crippen molar-refractivity contribution in [2.45, 2.75) is 42.7 Å². The van der Waals surface area contributed by atoms with Gasteiger partial charge in [-0.05, 0) is 37.1 Å². The lowest BCUT2D eigenvalue weighted by Gasteiger charge is -2.42. The summed E-state index contributed by atoms with van der Waals surface area (Å²) in [5.41, 5.74) is 0. The number of morpholine rings is 1. The molecule has 20 heavy (non-hydrogen) atoms. The smallest absolute Gasteiger partial charge is 0.243 e. The highest BCUT2D eigenvalue weighted by Gasteiger charge is 2.40. The Kier molecular flexibility index (Phi) is 4.04. The molecule has 1 aromatic carbocycles. The van der Waals surface area contributed by atoms with E-state index in [2.05, 4.69) is 0 Å². The molecule has 2 aliphatic rings. The minimum Gasteiger partial charge on any atom is -0.375 e. The van der Waals surface area contributed by atoms with Crippen LogP contribution < -0.4 is 0 Å². The summed E-state index contributed by atoms with van der Waals surface area (Å²) in [4.78, 5) is 0.313. The van der Waals surface area contributed by atoms with Gasteiger partial charge in [-0.15, -0.1) is 0 Å². The van der Waals surface area contributed by atoms with Gasteiger partial charge in [0.15, 0.2) is 0 Å². The molecule has 2 atom stereocenters. The molecular weight excluding hydrogens is 298 g/mol. The molecule has 0 spiro atoms. The second-order valence-electron chi connectivity index (χ2n) is 5.33. The van der Waals surface area contributed by atoms with Crippen LogP contribution in [0.1, 0.15) is 25.7 Å². The maximum atomic E-state index is 12.8. The molecule has 1 aliphatic carbocycles. The van der Waals surface area contributed by atoms with E-state index in [0.29, 0.717) is 23.1 Å². The van der Waals surface area contributed by atoms with Crippen molar-refractivity contribution in [3.05, 3.63) is 29.3 Å². The number of halogens is 1. The fourth-order valence-corrected chi connectivity index (χ4v) is 4.89. The summed E-state index contributed by atoms with van der Waals surface area (Å²) < 4.78 is 32.9. The number of sulfonamides is 1. The zero-order chi connectivity index (χ0) is 14.2. The molecule has 6 heteroatoms. The minimum atomic E-state index is -3.45. The highest BCUT2D eigenvalue weighted by molar-refractivity contribution is 7.89. The predicted molar refractivity (Wildman–Crippen MR) is 77.3 cm³/mol. The Balaban J connectivity index is 1.91. The van der Waals surface area contributed by atoms with Crippen molar-refractivity contribution in [3.8, 4) is 0 Å². The summed E-state index contributed by atoms with van der Waals surface area (Å²) in [6, 6.07) is 6.37. The molecule has 0 N–H and O–H groups in total. The van der Waals surface area contributed by atoms with Crippen LogP contribution in [0.15, 0.2) is 29.2 Å². The zero-order valence-electron chi connectivity index (χ0n) is 11.2. The monoisotopic (exact) mass is 315 g/mol. The van der Waals surface area contributed by atoms with E-state index < -0.39 is 10.0 Å². The lowest BCUT2D eigenvalue weighted by atomic mass is 9.91. The molecule has 1 saturated carbocycles. The van der Waals surface area contributed by atoms with E-state index in [-0.39, 0.29) is 12.1 Å². The first-order valence-electron chi connectivity index (χ1n) is 6.98. The Bertz CT molecular complexity index is 571. The second kappa shape index (κ2) is 5.64. The van der Waals surface area contributed by atoms with Crippen LogP contribution in [0.4, 0.5) is 0 Å². The molecule has 0 aromatic heterocycles. The summed E-state index contributed by atoms with van der Waals surface area (Å²) in [5.74, 6) is 0. The van der Waals surface area contributed by atoms with Crippen molar-refractivity contribution in [1.29, 1.82) is 0 Å². The first-order chi connectivity index (χ1) is 9.59. The molecule has 3 rings (SSSR count). The maximum Gasteiger partial charge on any atom is 0.243 e. The number of fused-ring (bicyclic) bond motifs is 1. The van der Waals surface area contributed by atoms with Gasteiger partial charge in [0, 0.05) is 11.6 Å². The average Bonchev–Trinajstić information content (AvgIpc) is 2.47. The van der Waals surface area contributed by atoms with Gasteiger partial charge < -0.3 is 4.74 Å². The van der Waals surface area contributed by atoms with Crippen molar-refractivity contribution < 1.29 is 13.2 Å². The van der Waals surface area contributed by atoms with Crippen molar-refractivity contribution >= 4 is 21.6 Å². The first kappa shape index (κ1) is 14.3. The molecule has 1 aliphatic heterocycles. The van der Waals surface area contributed by atoms with Crippen LogP contribution >= 0.6 is 11.6 Å². The van der Waals surface area contributed by atoms with Gasteiger partial charge >= 0.3 is 0 Å². The van der Waals surface area contributed by atoms with Crippen molar-refractivity contribution in [2.24, 2.45) is 0 Å². The Labute approximate surface area is 124 Å². The van der Waals surface area contributed by atoms with Crippen molar-refractivity contribution in [1.82, 2.24) is 4.31 Å². The third-order valence-corrected chi connectivity index (χ3v) is 6.29. The normalized spacial score (nSPS) is 28.1. The first-order valence-corrected chi connectivity index (χ1v) is 8.80. The van der Waals surface area contributed by atoms with Crippen molar-refractivity contribution in [2.75, 3.05) is 13.2 Å². The molecule has 1 saturated heterocycles. The van der Waals surface area contributed by atoms with E-state index in [4.69, 9.17) is 16.3 Å². The molecule has 0 radical (unpaired) electrons. The Hall–Kier alpha value is -0.620. The Morgan fingerprint density at radius 2 is 1.85 bits per heavy atom. The van der Waals surface area contributed by atoms with Gasteiger partial charge in [0.25, 0.3) is 0 Å². The van der Waals surface area contributed by atoms with Crippen LogP contribution in [0.25, 0.3) is 0 Å². The molecule has 0 amide bonds. The van der Waals surface area contributed by atoms with Crippen molar-refractivity contribution in [3.63, 3.8) is 0 Å².